The van der Waals surface area contributed by atoms with Gasteiger partial charge in [0.05, 0.1) is 11.4 Å². The number of carbonyl (C=O) groups is 1. The molecule has 1 amide bonds. The maximum atomic E-state index is 13.5. The molecule has 3 rings (SSSR count). The molecular formula is C26H30N2O3S. The molecule has 0 aliphatic carbocycles. The summed E-state index contributed by atoms with van der Waals surface area (Å²) >= 11 is 0. The minimum absolute atomic E-state index is 0.114. The molecule has 0 unspecified atom stereocenters. The first kappa shape index (κ1) is 23.7. The van der Waals surface area contributed by atoms with Crippen molar-refractivity contribution in [2.24, 2.45) is 0 Å². The maximum Gasteiger partial charge on any atom is 0.243 e. The lowest BCUT2D eigenvalue weighted by molar-refractivity contribution is -0.118. The molecule has 0 N–H and O–H groups in total. The van der Waals surface area contributed by atoms with E-state index in [-0.39, 0.29) is 23.9 Å². The van der Waals surface area contributed by atoms with Crippen LogP contribution in [0.1, 0.15) is 27.8 Å². The molecule has 0 saturated heterocycles. The van der Waals surface area contributed by atoms with Gasteiger partial charge >= 0.3 is 0 Å². The van der Waals surface area contributed by atoms with Crippen LogP contribution in [0.5, 0.6) is 0 Å². The number of hydrogen-bond acceptors (Lipinski definition) is 3. The number of carbonyl (C=O) groups excluding carboxylic acids is 1. The van der Waals surface area contributed by atoms with E-state index in [0.29, 0.717) is 0 Å². The van der Waals surface area contributed by atoms with Gasteiger partial charge in [-0.05, 0) is 68.7 Å². The molecule has 0 bridgehead atoms. The molecule has 3 aromatic rings. The first-order chi connectivity index (χ1) is 15.1. The topological polar surface area (TPSA) is 57.7 Å². The first-order valence-corrected chi connectivity index (χ1v) is 12.0. The molecule has 0 heterocycles. The largest absolute Gasteiger partial charge is 0.314 e. The normalized spacial score (nSPS) is 11.6. The Morgan fingerprint density at radius 2 is 1.34 bits per heavy atom. The zero-order chi connectivity index (χ0) is 23.5. The summed E-state index contributed by atoms with van der Waals surface area (Å²) in [4.78, 5) is 14.8. The van der Waals surface area contributed by atoms with E-state index < -0.39 is 10.0 Å². The van der Waals surface area contributed by atoms with Gasteiger partial charge in [0.2, 0.25) is 15.9 Å². The van der Waals surface area contributed by atoms with E-state index in [2.05, 4.69) is 0 Å². The van der Waals surface area contributed by atoms with Gasteiger partial charge in [0.15, 0.2) is 0 Å². The number of likely N-dealkylation sites (N-methyl/N-ethyl adjacent to an activating group) is 1. The quantitative estimate of drug-likeness (QED) is 0.521. The molecule has 168 valence electrons. The van der Waals surface area contributed by atoms with Crippen LogP contribution < -0.4 is 4.90 Å². The lowest BCUT2D eigenvalue weighted by Gasteiger charge is -2.25. The van der Waals surface area contributed by atoms with Gasteiger partial charge in [-0.15, -0.1) is 0 Å². The standard InChI is InChI=1S/C26H30N2O3S/c1-19-6-11-23(12-7-19)17-28(32(30,31)25-14-8-20(2)9-15-25)18-26(29)27(5)24-13-10-21(3)22(4)16-24/h6-16H,17-18H2,1-5H3. The summed E-state index contributed by atoms with van der Waals surface area (Å²) in [5.74, 6) is -0.295. The highest BCUT2D eigenvalue weighted by molar-refractivity contribution is 7.89. The van der Waals surface area contributed by atoms with Crippen LogP contribution in [0.15, 0.2) is 71.6 Å². The van der Waals surface area contributed by atoms with Gasteiger partial charge < -0.3 is 4.90 Å². The molecule has 0 aliphatic rings. The summed E-state index contributed by atoms with van der Waals surface area (Å²) in [6, 6.07) is 20.1. The van der Waals surface area contributed by atoms with Crippen molar-refractivity contribution in [1.29, 1.82) is 0 Å². The molecular weight excluding hydrogens is 420 g/mol. The van der Waals surface area contributed by atoms with E-state index in [9.17, 15) is 13.2 Å². The monoisotopic (exact) mass is 450 g/mol. The summed E-state index contributed by atoms with van der Waals surface area (Å²) in [5.41, 5.74) is 5.84. The van der Waals surface area contributed by atoms with E-state index >= 15 is 0 Å². The van der Waals surface area contributed by atoms with Crippen LogP contribution in [-0.4, -0.2) is 32.2 Å². The Bertz CT molecular complexity index is 1200. The summed E-state index contributed by atoms with van der Waals surface area (Å²) < 4.78 is 28.2. The van der Waals surface area contributed by atoms with Gasteiger partial charge in [-0.3, -0.25) is 4.79 Å². The van der Waals surface area contributed by atoms with E-state index in [4.69, 9.17) is 0 Å². The molecule has 0 atom stereocenters. The highest BCUT2D eigenvalue weighted by Gasteiger charge is 2.28. The van der Waals surface area contributed by atoms with E-state index in [1.165, 1.54) is 9.21 Å². The number of hydrogen-bond donors (Lipinski definition) is 0. The number of benzene rings is 3. The number of nitrogens with zero attached hydrogens (tertiary/aromatic N) is 2. The molecule has 6 heteroatoms. The average molecular weight is 451 g/mol. The molecule has 5 nitrogen and oxygen atoms in total. The third-order valence-electron chi connectivity index (χ3n) is 5.70. The zero-order valence-corrected chi connectivity index (χ0v) is 20.1. The summed E-state index contributed by atoms with van der Waals surface area (Å²) in [6.45, 7) is 7.74. The van der Waals surface area contributed by atoms with Gasteiger partial charge in [0.25, 0.3) is 0 Å². The SMILES string of the molecule is Cc1ccc(CN(CC(=O)N(C)c2ccc(C)c(C)c2)S(=O)(=O)c2ccc(C)cc2)cc1. The fourth-order valence-corrected chi connectivity index (χ4v) is 4.70. The highest BCUT2D eigenvalue weighted by Crippen LogP contribution is 2.22. The Balaban J connectivity index is 1.92. The zero-order valence-electron chi connectivity index (χ0n) is 19.3. The van der Waals surface area contributed by atoms with Crippen LogP contribution in [0.4, 0.5) is 5.69 Å². The summed E-state index contributed by atoms with van der Waals surface area (Å²) in [6.07, 6.45) is 0. The molecule has 32 heavy (non-hydrogen) atoms. The third kappa shape index (κ3) is 5.44. The van der Waals surface area contributed by atoms with Gasteiger partial charge in [0, 0.05) is 19.3 Å². The number of anilines is 1. The number of rotatable bonds is 7. The smallest absolute Gasteiger partial charge is 0.243 e. The summed E-state index contributed by atoms with van der Waals surface area (Å²) in [5, 5.41) is 0. The minimum atomic E-state index is -3.87. The fraction of sp³-hybridized carbons (Fsp3) is 0.269. The Morgan fingerprint density at radius 1 is 0.781 bits per heavy atom. The van der Waals surface area contributed by atoms with Crippen LogP contribution in [0, 0.1) is 27.7 Å². The molecule has 0 aromatic heterocycles. The van der Waals surface area contributed by atoms with Crippen LogP contribution in [0.3, 0.4) is 0 Å². The fourth-order valence-electron chi connectivity index (χ4n) is 3.32. The second-order valence-corrected chi connectivity index (χ2v) is 10.2. The molecule has 0 aliphatic heterocycles. The van der Waals surface area contributed by atoms with Gasteiger partial charge in [-0.2, -0.15) is 4.31 Å². The van der Waals surface area contributed by atoms with Crippen LogP contribution in [-0.2, 0) is 21.4 Å². The van der Waals surface area contributed by atoms with Gasteiger partial charge in [-0.25, -0.2) is 8.42 Å². The van der Waals surface area contributed by atoms with E-state index in [1.54, 1.807) is 31.3 Å². The predicted molar refractivity (Wildman–Crippen MR) is 129 cm³/mol. The van der Waals surface area contributed by atoms with Crippen LogP contribution in [0.2, 0.25) is 0 Å². The second kappa shape index (κ2) is 9.67. The van der Waals surface area contributed by atoms with Crippen molar-refractivity contribution >= 4 is 21.6 Å². The van der Waals surface area contributed by atoms with Crippen molar-refractivity contribution in [2.45, 2.75) is 39.1 Å². The van der Waals surface area contributed by atoms with Crippen LogP contribution >= 0.6 is 0 Å². The Hall–Kier alpha value is -2.96. The Morgan fingerprint density at radius 3 is 1.91 bits per heavy atom. The Labute approximate surface area is 191 Å². The minimum Gasteiger partial charge on any atom is -0.314 e. The number of aryl methyl sites for hydroxylation is 4. The molecule has 0 saturated carbocycles. The van der Waals surface area contributed by atoms with E-state index in [0.717, 1.165) is 33.5 Å². The highest BCUT2D eigenvalue weighted by atomic mass is 32.2. The summed E-state index contributed by atoms with van der Waals surface area (Å²) in [7, 11) is -2.19. The van der Waals surface area contributed by atoms with Crippen molar-refractivity contribution in [3.05, 3.63) is 94.5 Å². The number of sulfonamides is 1. The third-order valence-corrected chi connectivity index (χ3v) is 7.51. The van der Waals surface area contributed by atoms with Crippen molar-refractivity contribution in [3.8, 4) is 0 Å². The average Bonchev–Trinajstić information content (AvgIpc) is 2.76. The van der Waals surface area contributed by atoms with Gasteiger partial charge in [-0.1, -0.05) is 53.6 Å². The first-order valence-electron chi connectivity index (χ1n) is 10.5. The Kier molecular flexibility index (Phi) is 7.16. The lowest BCUT2D eigenvalue weighted by Crippen LogP contribution is -2.41. The molecule has 0 radical (unpaired) electrons. The van der Waals surface area contributed by atoms with E-state index in [1.807, 2.05) is 70.2 Å². The van der Waals surface area contributed by atoms with Gasteiger partial charge in [0.1, 0.15) is 0 Å². The van der Waals surface area contributed by atoms with Crippen molar-refractivity contribution in [2.75, 3.05) is 18.5 Å². The second-order valence-electron chi connectivity index (χ2n) is 8.29. The number of amides is 1. The lowest BCUT2D eigenvalue weighted by atomic mass is 10.1. The molecule has 0 spiro atoms. The van der Waals surface area contributed by atoms with Crippen molar-refractivity contribution in [3.63, 3.8) is 0 Å². The van der Waals surface area contributed by atoms with Crippen molar-refractivity contribution in [1.82, 2.24) is 4.31 Å². The van der Waals surface area contributed by atoms with Crippen molar-refractivity contribution < 1.29 is 13.2 Å². The molecule has 0 fully saturated rings. The predicted octanol–water partition coefficient (Wildman–Crippen LogP) is 4.77. The molecule has 3 aromatic carbocycles. The van der Waals surface area contributed by atoms with Crippen LogP contribution in [0.25, 0.3) is 0 Å². The maximum absolute atomic E-state index is 13.5.